The monoisotopic (exact) mass is 178 g/mol. The van der Waals surface area contributed by atoms with Gasteiger partial charge in [0.05, 0.1) is 7.11 Å². The van der Waals surface area contributed by atoms with Gasteiger partial charge >= 0.3 is 0 Å². The van der Waals surface area contributed by atoms with E-state index in [4.69, 9.17) is 11.2 Å². The molecule has 0 bridgehead atoms. The van der Waals surface area contributed by atoms with E-state index >= 15 is 0 Å². The zero-order valence-corrected chi connectivity index (χ0v) is 7.51. The van der Waals surface area contributed by atoms with Crippen LogP contribution in [0.1, 0.15) is 12.0 Å². The van der Waals surface area contributed by atoms with Crippen molar-refractivity contribution < 1.29 is 9.13 Å². The second kappa shape index (κ2) is 4.51. The first kappa shape index (κ1) is 9.60. The highest BCUT2D eigenvalue weighted by molar-refractivity contribution is 5.29. The third-order valence-electron chi connectivity index (χ3n) is 1.77. The molecule has 1 aromatic carbocycles. The number of rotatable bonds is 3. The fourth-order valence-electron chi connectivity index (χ4n) is 1.08. The summed E-state index contributed by atoms with van der Waals surface area (Å²) in [6.07, 6.45) is 6.44. The van der Waals surface area contributed by atoms with Gasteiger partial charge in [-0.2, -0.15) is 0 Å². The second-order valence-electron chi connectivity index (χ2n) is 2.67. The Morgan fingerprint density at radius 2 is 2.31 bits per heavy atom. The molecule has 0 N–H and O–H groups in total. The molecule has 1 nitrogen and oxygen atoms in total. The number of ether oxygens (including phenoxy) is 1. The highest BCUT2D eigenvalue weighted by Crippen LogP contribution is 2.18. The van der Waals surface area contributed by atoms with Crippen molar-refractivity contribution in [2.75, 3.05) is 7.11 Å². The normalized spacial score (nSPS) is 9.31. The summed E-state index contributed by atoms with van der Waals surface area (Å²) < 4.78 is 17.9. The maximum absolute atomic E-state index is 13.1. The van der Waals surface area contributed by atoms with Gasteiger partial charge in [-0.15, -0.1) is 12.3 Å². The molecule has 0 spiro atoms. The molecule has 0 radical (unpaired) electrons. The van der Waals surface area contributed by atoms with Crippen LogP contribution in [0.4, 0.5) is 4.39 Å². The van der Waals surface area contributed by atoms with Gasteiger partial charge in [-0.3, -0.25) is 0 Å². The fraction of sp³-hybridized carbons (Fsp3) is 0.273. The van der Waals surface area contributed by atoms with Gasteiger partial charge < -0.3 is 4.74 Å². The molecule has 0 fully saturated rings. The Balaban J connectivity index is 2.78. The minimum absolute atomic E-state index is 0.268. The lowest BCUT2D eigenvalue weighted by Crippen LogP contribution is -1.90. The zero-order valence-electron chi connectivity index (χ0n) is 7.51. The van der Waals surface area contributed by atoms with Crippen LogP contribution in [0.3, 0.4) is 0 Å². The number of halogens is 1. The standard InChI is InChI=1S/C11H11FO/c1-3-4-5-9-6-7-11(13-2)10(12)8-9/h1,6-8H,4-5H2,2H3. The van der Waals surface area contributed by atoms with E-state index in [1.165, 1.54) is 13.2 Å². The van der Waals surface area contributed by atoms with Crippen LogP contribution in [0.25, 0.3) is 0 Å². The summed E-state index contributed by atoms with van der Waals surface area (Å²) in [7, 11) is 1.44. The summed E-state index contributed by atoms with van der Waals surface area (Å²) in [5.41, 5.74) is 0.899. The van der Waals surface area contributed by atoms with Crippen molar-refractivity contribution in [2.24, 2.45) is 0 Å². The minimum atomic E-state index is -0.336. The van der Waals surface area contributed by atoms with Crippen LogP contribution >= 0.6 is 0 Å². The maximum Gasteiger partial charge on any atom is 0.165 e. The lowest BCUT2D eigenvalue weighted by atomic mass is 10.1. The van der Waals surface area contributed by atoms with Gasteiger partial charge in [0.2, 0.25) is 0 Å². The molecular weight excluding hydrogens is 167 g/mol. The quantitative estimate of drug-likeness (QED) is 0.646. The second-order valence-corrected chi connectivity index (χ2v) is 2.67. The van der Waals surface area contributed by atoms with Crippen molar-refractivity contribution in [3.05, 3.63) is 29.6 Å². The molecular formula is C11H11FO. The number of hydrogen-bond donors (Lipinski definition) is 0. The summed E-state index contributed by atoms with van der Waals surface area (Å²) in [6, 6.07) is 4.89. The van der Waals surface area contributed by atoms with E-state index < -0.39 is 0 Å². The van der Waals surface area contributed by atoms with E-state index in [0.717, 1.165) is 5.56 Å². The zero-order chi connectivity index (χ0) is 9.68. The SMILES string of the molecule is C#CCCc1ccc(OC)c(F)c1. The highest BCUT2D eigenvalue weighted by atomic mass is 19.1. The summed E-state index contributed by atoms with van der Waals surface area (Å²) in [6.45, 7) is 0. The fourth-order valence-corrected chi connectivity index (χ4v) is 1.08. The Morgan fingerprint density at radius 1 is 1.54 bits per heavy atom. The van der Waals surface area contributed by atoms with Crippen molar-refractivity contribution in [1.82, 2.24) is 0 Å². The van der Waals surface area contributed by atoms with Crippen LogP contribution in [0.5, 0.6) is 5.75 Å². The van der Waals surface area contributed by atoms with Crippen molar-refractivity contribution in [3.8, 4) is 18.1 Å². The third-order valence-corrected chi connectivity index (χ3v) is 1.77. The van der Waals surface area contributed by atoms with Gasteiger partial charge in [-0.25, -0.2) is 4.39 Å². The molecule has 0 atom stereocenters. The van der Waals surface area contributed by atoms with Crippen LogP contribution < -0.4 is 4.74 Å². The molecule has 13 heavy (non-hydrogen) atoms. The smallest absolute Gasteiger partial charge is 0.165 e. The molecule has 0 aliphatic heterocycles. The van der Waals surface area contributed by atoms with E-state index in [1.54, 1.807) is 6.07 Å². The Morgan fingerprint density at radius 3 is 2.85 bits per heavy atom. The van der Waals surface area contributed by atoms with Crippen molar-refractivity contribution in [3.63, 3.8) is 0 Å². The van der Waals surface area contributed by atoms with Gasteiger partial charge in [0.1, 0.15) is 0 Å². The summed E-state index contributed by atoms with van der Waals surface area (Å²) in [4.78, 5) is 0. The largest absolute Gasteiger partial charge is 0.494 e. The van der Waals surface area contributed by atoms with E-state index in [0.29, 0.717) is 12.8 Å². The first-order valence-electron chi connectivity index (χ1n) is 4.04. The van der Waals surface area contributed by atoms with E-state index in [2.05, 4.69) is 5.92 Å². The van der Waals surface area contributed by atoms with Gasteiger partial charge in [-0.1, -0.05) is 6.07 Å². The molecule has 0 unspecified atom stereocenters. The Kier molecular flexibility index (Phi) is 3.33. The molecule has 0 aromatic heterocycles. The summed E-state index contributed by atoms with van der Waals surface area (Å²) >= 11 is 0. The molecule has 0 heterocycles. The van der Waals surface area contributed by atoms with Gasteiger partial charge in [0.15, 0.2) is 11.6 Å². The van der Waals surface area contributed by atoms with Crippen LogP contribution in [-0.4, -0.2) is 7.11 Å². The average molecular weight is 178 g/mol. The lowest BCUT2D eigenvalue weighted by molar-refractivity contribution is 0.386. The molecule has 2 heteroatoms. The molecule has 68 valence electrons. The van der Waals surface area contributed by atoms with E-state index in [9.17, 15) is 4.39 Å². The number of benzene rings is 1. The summed E-state index contributed by atoms with van der Waals surface area (Å²) in [5.74, 6) is 2.44. The molecule has 1 rings (SSSR count). The predicted octanol–water partition coefficient (Wildman–Crippen LogP) is 2.40. The first-order chi connectivity index (χ1) is 6.27. The minimum Gasteiger partial charge on any atom is -0.494 e. The molecule has 0 aliphatic rings. The van der Waals surface area contributed by atoms with Crippen LogP contribution in [0, 0.1) is 18.2 Å². The highest BCUT2D eigenvalue weighted by Gasteiger charge is 2.02. The Hall–Kier alpha value is -1.49. The number of terminal acetylenes is 1. The van der Waals surface area contributed by atoms with Crippen molar-refractivity contribution >= 4 is 0 Å². The summed E-state index contributed by atoms with van der Waals surface area (Å²) in [5, 5.41) is 0. The molecule has 0 aliphatic carbocycles. The van der Waals surface area contributed by atoms with Crippen molar-refractivity contribution in [1.29, 1.82) is 0 Å². The van der Waals surface area contributed by atoms with E-state index in [1.807, 2.05) is 6.07 Å². The third kappa shape index (κ3) is 2.48. The number of methoxy groups -OCH3 is 1. The molecule has 0 saturated carbocycles. The Bertz CT molecular complexity index is 325. The van der Waals surface area contributed by atoms with Gasteiger partial charge in [0, 0.05) is 6.42 Å². The molecule has 1 aromatic rings. The maximum atomic E-state index is 13.1. The Labute approximate surface area is 77.5 Å². The van der Waals surface area contributed by atoms with Crippen LogP contribution in [-0.2, 0) is 6.42 Å². The first-order valence-corrected chi connectivity index (χ1v) is 4.04. The molecule has 0 amide bonds. The topological polar surface area (TPSA) is 9.23 Å². The van der Waals surface area contributed by atoms with Gasteiger partial charge in [0.25, 0.3) is 0 Å². The van der Waals surface area contributed by atoms with Crippen molar-refractivity contribution in [2.45, 2.75) is 12.8 Å². The number of aryl methyl sites for hydroxylation is 1. The van der Waals surface area contributed by atoms with E-state index in [-0.39, 0.29) is 11.6 Å². The molecule has 0 saturated heterocycles. The lowest BCUT2D eigenvalue weighted by Gasteiger charge is -2.03. The van der Waals surface area contributed by atoms with Gasteiger partial charge in [-0.05, 0) is 24.1 Å². The van der Waals surface area contributed by atoms with Crippen LogP contribution in [0.2, 0.25) is 0 Å². The predicted molar refractivity (Wildman–Crippen MR) is 50.1 cm³/mol. The number of hydrogen-bond acceptors (Lipinski definition) is 1. The average Bonchev–Trinajstić information content (AvgIpc) is 2.15. The van der Waals surface area contributed by atoms with Crippen LogP contribution in [0.15, 0.2) is 18.2 Å².